The van der Waals surface area contributed by atoms with Crippen LogP contribution in [0.4, 0.5) is 0 Å². The van der Waals surface area contributed by atoms with Gasteiger partial charge in [0.2, 0.25) is 0 Å². The highest BCUT2D eigenvalue weighted by Gasteiger charge is 2.15. The number of hydrogen-bond acceptors (Lipinski definition) is 4. The predicted molar refractivity (Wildman–Crippen MR) is 72.8 cm³/mol. The minimum absolute atomic E-state index is 0.238. The van der Waals surface area contributed by atoms with Gasteiger partial charge in [-0.15, -0.1) is 0 Å². The van der Waals surface area contributed by atoms with E-state index in [0.717, 1.165) is 5.56 Å². The van der Waals surface area contributed by atoms with Gasteiger partial charge in [0, 0.05) is 0 Å². The Balaban J connectivity index is 2.38. The molecule has 0 aliphatic rings. The second kappa shape index (κ2) is 6.68. The van der Waals surface area contributed by atoms with E-state index in [1.54, 1.807) is 25.1 Å². The summed E-state index contributed by atoms with van der Waals surface area (Å²) >= 11 is 0. The van der Waals surface area contributed by atoms with Gasteiger partial charge < -0.3 is 4.74 Å². The minimum atomic E-state index is -0.494. The molecule has 1 rings (SSSR count). The molecular formula is C15H22O4. The van der Waals surface area contributed by atoms with Crippen LogP contribution in [0, 0.1) is 6.92 Å². The van der Waals surface area contributed by atoms with Crippen molar-refractivity contribution in [3.05, 3.63) is 35.4 Å². The molecule has 0 N–H and O–H groups in total. The smallest absolute Gasteiger partial charge is 0.373 e. The van der Waals surface area contributed by atoms with Crippen LogP contribution in [0.3, 0.4) is 0 Å². The molecule has 0 aliphatic heterocycles. The molecule has 0 amide bonds. The van der Waals surface area contributed by atoms with Gasteiger partial charge >= 0.3 is 5.97 Å². The van der Waals surface area contributed by atoms with E-state index < -0.39 is 5.97 Å². The summed E-state index contributed by atoms with van der Waals surface area (Å²) in [7, 11) is 0. The third-order valence-electron chi connectivity index (χ3n) is 2.29. The first-order valence-electron chi connectivity index (χ1n) is 6.36. The van der Waals surface area contributed by atoms with Crippen molar-refractivity contribution < 1.29 is 19.3 Å². The summed E-state index contributed by atoms with van der Waals surface area (Å²) in [5.74, 6) is -0.494. The number of hydrogen-bond donors (Lipinski definition) is 0. The van der Waals surface area contributed by atoms with Crippen LogP contribution < -0.4 is 0 Å². The van der Waals surface area contributed by atoms with Crippen molar-refractivity contribution >= 4 is 5.97 Å². The zero-order chi connectivity index (χ0) is 14.5. The summed E-state index contributed by atoms with van der Waals surface area (Å²) in [6.07, 6.45) is -0.312. The monoisotopic (exact) mass is 266 g/mol. The van der Waals surface area contributed by atoms with Gasteiger partial charge in [0.05, 0.1) is 17.8 Å². The van der Waals surface area contributed by atoms with E-state index in [4.69, 9.17) is 14.5 Å². The fourth-order valence-electron chi connectivity index (χ4n) is 1.34. The molecule has 4 nitrogen and oxygen atoms in total. The molecule has 0 aliphatic carbocycles. The van der Waals surface area contributed by atoms with E-state index in [9.17, 15) is 4.79 Å². The normalized spacial score (nSPS) is 13.1. The number of carbonyl (C=O) groups is 1. The van der Waals surface area contributed by atoms with Gasteiger partial charge in [0.1, 0.15) is 6.10 Å². The highest BCUT2D eigenvalue weighted by atomic mass is 17.2. The van der Waals surface area contributed by atoms with Crippen LogP contribution in [0.5, 0.6) is 0 Å². The second-order valence-corrected chi connectivity index (χ2v) is 5.57. The molecule has 4 heteroatoms. The van der Waals surface area contributed by atoms with E-state index in [1.807, 2.05) is 33.8 Å². The Labute approximate surface area is 114 Å². The maximum absolute atomic E-state index is 11.7. The largest absolute Gasteiger partial charge is 0.373 e. The molecule has 1 atom stereocenters. The van der Waals surface area contributed by atoms with E-state index in [0.29, 0.717) is 12.2 Å². The Morgan fingerprint density at radius 3 is 2.58 bits per heavy atom. The number of ether oxygens (including phenoxy) is 1. The first-order chi connectivity index (χ1) is 8.78. The molecule has 1 unspecified atom stereocenters. The number of aryl methyl sites for hydroxylation is 1. The lowest BCUT2D eigenvalue weighted by Gasteiger charge is -2.21. The summed E-state index contributed by atoms with van der Waals surface area (Å²) in [6, 6.07) is 7.16. The van der Waals surface area contributed by atoms with E-state index in [1.165, 1.54) is 0 Å². The highest BCUT2D eigenvalue weighted by molar-refractivity contribution is 5.89. The number of carbonyl (C=O) groups excluding carboxylic acids is 1. The Hall–Kier alpha value is -1.39. The Morgan fingerprint density at radius 1 is 1.32 bits per heavy atom. The van der Waals surface area contributed by atoms with Crippen molar-refractivity contribution in [2.75, 3.05) is 6.61 Å². The molecule has 0 fully saturated rings. The summed E-state index contributed by atoms with van der Waals surface area (Å²) < 4.78 is 5.53. The molecule has 0 saturated carbocycles. The second-order valence-electron chi connectivity index (χ2n) is 5.57. The van der Waals surface area contributed by atoms with Crippen molar-refractivity contribution in [1.29, 1.82) is 0 Å². The van der Waals surface area contributed by atoms with Crippen molar-refractivity contribution in [2.24, 2.45) is 0 Å². The van der Waals surface area contributed by atoms with Gasteiger partial charge in [-0.05, 0) is 46.8 Å². The zero-order valence-corrected chi connectivity index (χ0v) is 12.2. The maximum Gasteiger partial charge on any atom is 0.373 e. The molecule has 1 aromatic rings. The molecule has 106 valence electrons. The molecule has 0 spiro atoms. The third kappa shape index (κ3) is 6.36. The molecule has 0 bridgehead atoms. The van der Waals surface area contributed by atoms with Gasteiger partial charge in [-0.1, -0.05) is 17.7 Å². The van der Waals surface area contributed by atoms with Crippen LogP contribution in [0.2, 0.25) is 0 Å². The fourth-order valence-corrected chi connectivity index (χ4v) is 1.34. The van der Waals surface area contributed by atoms with E-state index in [2.05, 4.69) is 0 Å². The molecule has 19 heavy (non-hydrogen) atoms. The maximum atomic E-state index is 11.7. The molecule has 0 saturated heterocycles. The SMILES string of the molecule is Cc1cccc(C(=O)OOC(C)COC(C)(C)C)c1. The van der Waals surface area contributed by atoms with Gasteiger partial charge in [-0.25, -0.2) is 4.79 Å². The van der Waals surface area contributed by atoms with Crippen molar-refractivity contribution in [1.82, 2.24) is 0 Å². The third-order valence-corrected chi connectivity index (χ3v) is 2.29. The fraction of sp³-hybridized carbons (Fsp3) is 0.533. The summed E-state index contributed by atoms with van der Waals surface area (Å²) in [4.78, 5) is 21.5. The highest BCUT2D eigenvalue weighted by Crippen LogP contribution is 2.10. The average Bonchev–Trinajstić information content (AvgIpc) is 2.32. The van der Waals surface area contributed by atoms with Gasteiger partial charge in [0.25, 0.3) is 0 Å². The summed E-state index contributed by atoms with van der Waals surface area (Å²) in [5, 5.41) is 0. The quantitative estimate of drug-likeness (QED) is 0.606. The molecular weight excluding hydrogens is 244 g/mol. The standard InChI is InChI=1S/C15H22O4/c1-11-7-6-8-13(9-11)14(16)19-18-12(2)10-17-15(3,4)5/h6-9,12H,10H2,1-5H3. The Morgan fingerprint density at radius 2 is 2.00 bits per heavy atom. The van der Waals surface area contributed by atoms with Gasteiger partial charge in [-0.3, -0.25) is 4.89 Å². The lowest BCUT2D eigenvalue weighted by molar-refractivity contribution is -0.282. The Kier molecular flexibility index (Phi) is 5.51. The van der Waals surface area contributed by atoms with Crippen LogP contribution >= 0.6 is 0 Å². The van der Waals surface area contributed by atoms with Gasteiger partial charge in [0.15, 0.2) is 0 Å². The van der Waals surface area contributed by atoms with Crippen molar-refractivity contribution in [3.63, 3.8) is 0 Å². The van der Waals surface area contributed by atoms with Crippen LogP contribution in [0.15, 0.2) is 24.3 Å². The average molecular weight is 266 g/mol. The number of rotatable bonds is 5. The van der Waals surface area contributed by atoms with Gasteiger partial charge in [-0.2, -0.15) is 4.89 Å². The van der Waals surface area contributed by atoms with Crippen LogP contribution in [-0.2, 0) is 14.5 Å². The number of benzene rings is 1. The van der Waals surface area contributed by atoms with Crippen LogP contribution in [0.1, 0.15) is 43.6 Å². The summed E-state index contributed by atoms with van der Waals surface area (Å²) in [6.45, 7) is 9.94. The molecule has 0 heterocycles. The summed E-state index contributed by atoms with van der Waals surface area (Å²) in [5.41, 5.74) is 1.24. The zero-order valence-electron chi connectivity index (χ0n) is 12.2. The first-order valence-corrected chi connectivity index (χ1v) is 6.36. The van der Waals surface area contributed by atoms with Crippen molar-refractivity contribution in [2.45, 2.75) is 46.3 Å². The molecule has 0 aromatic heterocycles. The predicted octanol–water partition coefficient (Wildman–Crippen LogP) is 3.29. The van der Waals surface area contributed by atoms with Crippen molar-refractivity contribution in [3.8, 4) is 0 Å². The molecule has 0 radical (unpaired) electrons. The van der Waals surface area contributed by atoms with E-state index >= 15 is 0 Å². The van der Waals surface area contributed by atoms with E-state index in [-0.39, 0.29) is 11.7 Å². The topological polar surface area (TPSA) is 44.8 Å². The van der Waals surface area contributed by atoms with Crippen LogP contribution in [-0.4, -0.2) is 24.3 Å². The van der Waals surface area contributed by atoms with Crippen LogP contribution in [0.25, 0.3) is 0 Å². The minimum Gasteiger partial charge on any atom is -0.373 e. The molecule has 1 aromatic carbocycles. The lowest BCUT2D eigenvalue weighted by Crippen LogP contribution is -2.27. The first kappa shape index (κ1) is 15.7. The Bertz CT molecular complexity index is 420. The lowest BCUT2D eigenvalue weighted by atomic mass is 10.1.